The molecule has 2 N–H and O–H groups in total. The van der Waals surface area contributed by atoms with Crippen molar-refractivity contribution in [2.75, 3.05) is 31.6 Å². The van der Waals surface area contributed by atoms with Crippen LogP contribution in [0.3, 0.4) is 0 Å². The van der Waals surface area contributed by atoms with E-state index in [2.05, 4.69) is 37.6 Å². The van der Waals surface area contributed by atoms with Gasteiger partial charge in [0.1, 0.15) is 5.82 Å². The minimum atomic E-state index is 0. The van der Waals surface area contributed by atoms with E-state index in [9.17, 15) is 0 Å². The zero-order valence-electron chi connectivity index (χ0n) is 14.6. The maximum Gasteiger partial charge on any atom is 0.191 e. The number of aliphatic imine (C=N–C) groups is 1. The largest absolute Gasteiger partial charge is 0.357 e. The van der Waals surface area contributed by atoms with Crippen LogP contribution in [0.2, 0.25) is 0 Å². The van der Waals surface area contributed by atoms with Gasteiger partial charge in [0.25, 0.3) is 0 Å². The average Bonchev–Trinajstić information content (AvgIpc) is 3.42. The fraction of sp³-hybridized carbons (Fsp3) is 0.667. The lowest BCUT2D eigenvalue weighted by Gasteiger charge is -2.21. The Bertz CT molecular complexity index is 505. The Morgan fingerprint density at radius 2 is 1.92 bits per heavy atom. The van der Waals surface area contributed by atoms with Crippen molar-refractivity contribution < 1.29 is 0 Å². The van der Waals surface area contributed by atoms with Gasteiger partial charge in [-0.2, -0.15) is 0 Å². The summed E-state index contributed by atoms with van der Waals surface area (Å²) >= 11 is 0. The molecule has 2 aliphatic rings. The van der Waals surface area contributed by atoms with Crippen LogP contribution in [0.15, 0.2) is 23.3 Å². The number of hydrogen-bond donors (Lipinski definition) is 2. The van der Waals surface area contributed by atoms with Crippen molar-refractivity contribution in [3.05, 3.63) is 23.9 Å². The molecule has 2 fully saturated rings. The van der Waals surface area contributed by atoms with Gasteiger partial charge in [-0.25, -0.2) is 4.98 Å². The molecule has 0 spiro atoms. The van der Waals surface area contributed by atoms with Gasteiger partial charge >= 0.3 is 0 Å². The number of nitrogens with zero attached hydrogens (tertiary/aromatic N) is 3. The van der Waals surface area contributed by atoms with Crippen LogP contribution in [0.25, 0.3) is 0 Å². The third kappa shape index (κ3) is 6.11. The van der Waals surface area contributed by atoms with E-state index in [1.807, 2.05) is 13.2 Å². The summed E-state index contributed by atoms with van der Waals surface area (Å²) in [6, 6.07) is 4.33. The molecule has 2 heterocycles. The second-order valence-electron chi connectivity index (χ2n) is 6.68. The van der Waals surface area contributed by atoms with Crippen LogP contribution in [0.5, 0.6) is 0 Å². The van der Waals surface area contributed by atoms with E-state index in [0.717, 1.165) is 43.9 Å². The monoisotopic (exact) mass is 443 g/mol. The molecule has 0 bridgehead atoms. The number of halogens is 1. The van der Waals surface area contributed by atoms with E-state index in [0.29, 0.717) is 0 Å². The van der Waals surface area contributed by atoms with Gasteiger partial charge in [-0.1, -0.05) is 18.9 Å². The third-order valence-electron chi connectivity index (χ3n) is 4.68. The number of nitrogens with one attached hydrogen (secondary N) is 2. The van der Waals surface area contributed by atoms with Gasteiger partial charge in [0.05, 0.1) is 0 Å². The Labute approximate surface area is 162 Å². The standard InChI is InChI=1S/C18H29N5.HI/c1-19-18(21-12-15-6-7-15)22-14-16-8-9-17(20-13-16)23-10-4-2-3-5-11-23;/h8-9,13,15H,2-7,10-12,14H2,1H3,(H2,19,21,22);1H. The molecule has 0 aromatic carbocycles. The van der Waals surface area contributed by atoms with Crippen molar-refractivity contribution in [2.24, 2.45) is 10.9 Å². The molecule has 0 amide bonds. The van der Waals surface area contributed by atoms with Crippen LogP contribution < -0.4 is 15.5 Å². The minimum absolute atomic E-state index is 0. The summed E-state index contributed by atoms with van der Waals surface area (Å²) in [5, 5.41) is 6.75. The molecule has 0 atom stereocenters. The van der Waals surface area contributed by atoms with Crippen molar-refractivity contribution in [2.45, 2.75) is 45.1 Å². The van der Waals surface area contributed by atoms with E-state index in [4.69, 9.17) is 0 Å². The molecule has 1 saturated heterocycles. The SMILES string of the molecule is CN=C(NCc1ccc(N2CCCCCC2)nc1)NCC1CC1.I. The lowest BCUT2D eigenvalue weighted by Crippen LogP contribution is -2.37. The maximum absolute atomic E-state index is 4.66. The van der Waals surface area contributed by atoms with Gasteiger partial charge in [0.15, 0.2) is 5.96 Å². The fourth-order valence-electron chi connectivity index (χ4n) is 2.98. The van der Waals surface area contributed by atoms with Gasteiger partial charge in [-0.05, 0) is 43.2 Å². The van der Waals surface area contributed by atoms with Crippen LogP contribution in [-0.4, -0.2) is 37.6 Å². The Kier molecular flexibility index (Phi) is 8.08. The highest BCUT2D eigenvalue weighted by molar-refractivity contribution is 14.0. The molecule has 6 heteroatoms. The van der Waals surface area contributed by atoms with Crippen molar-refractivity contribution >= 4 is 35.8 Å². The topological polar surface area (TPSA) is 52.6 Å². The summed E-state index contributed by atoms with van der Waals surface area (Å²) in [4.78, 5) is 11.3. The molecule has 0 radical (unpaired) electrons. The van der Waals surface area contributed by atoms with Crippen LogP contribution >= 0.6 is 24.0 Å². The number of anilines is 1. The number of pyridine rings is 1. The number of aromatic nitrogens is 1. The molecule has 1 aliphatic carbocycles. The summed E-state index contributed by atoms with van der Waals surface area (Å²) < 4.78 is 0. The van der Waals surface area contributed by atoms with Crippen LogP contribution in [0, 0.1) is 5.92 Å². The van der Waals surface area contributed by atoms with E-state index in [1.165, 1.54) is 44.1 Å². The second kappa shape index (κ2) is 10.1. The first-order valence-corrected chi connectivity index (χ1v) is 8.99. The zero-order chi connectivity index (χ0) is 15.9. The van der Waals surface area contributed by atoms with Gasteiger partial charge in [-0.3, -0.25) is 4.99 Å². The number of rotatable bonds is 5. The summed E-state index contributed by atoms with van der Waals surface area (Å²) in [5.41, 5.74) is 1.19. The van der Waals surface area contributed by atoms with Crippen LogP contribution in [0.1, 0.15) is 44.1 Å². The highest BCUT2D eigenvalue weighted by atomic mass is 127. The van der Waals surface area contributed by atoms with Crippen LogP contribution in [-0.2, 0) is 6.54 Å². The highest BCUT2D eigenvalue weighted by Gasteiger charge is 2.21. The summed E-state index contributed by atoms with van der Waals surface area (Å²) in [7, 11) is 1.82. The zero-order valence-corrected chi connectivity index (χ0v) is 17.0. The maximum atomic E-state index is 4.66. The summed E-state index contributed by atoms with van der Waals surface area (Å²) in [6.07, 6.45) is 9.97. The molecular weight excluding hydrogens is 413 g/mol. The molecule has 5 nitrogen and oxygen atoms in total. The lowest BCUT2D eigenvalue weighted by atomic mass is 10.2. The quantitative estimate of drug-likeness (QED) is 0.417. The molecular formula is C18H30IN5. The number of hydrogen-bond acceptors (Lipinski definition) is 3. The molecule has 0 unspecified atom stereocenters. The first-order chi connectivity index (χ1) is 11.3. The Hall–Kier alpha value is -1.05. The predicted octanol–water partition coefficient (Wildman–Crippen LogP) is 3.16. The molecule has 1 saturated carbocycles. The summed E-state index contributed by atoms with van der Waals surface area (Å²) in [6.45, 7) is 4.08. The van der Waals surface area contributed by atoms with E-state index in [-0.39, 0.29) is 24.0 Å². The second-order valence-corrected chi connectivity index (χ2v) is 6.68. The fourth-order valence-corrected chi connectivity index (χ4v) is 2.98. The molecule has 1 aliphatic heterocycles. The normalized spacial score (nSPS) is 18.5. The lowest BCUT2D eigenvalue weighted by molar-refractivity contribution is 0.726. The molecule has 134 valence electrons. The first-order valence-electron chi connectivity index (χ1n) is 8.99. The smallest absolute Gasteiger partial charge is 0.191 e. The number of guanidine groups is 1. The first kappa shape index (κ1) is 19.3. The molecule has 1 aromatic heterocycles. The van der Waals surface area contributed by atoms with E-state index in [1.54, 1.807) is 0 Å². The van der Waals surface area contributed by atoms with E-state index >= 15 is 0 Å². The average molecular weight is 443 g/mol. The predicted molar refractivity (Wildman–Crippen MR) is 111 cm³/mol. The van der Waals surface area contributed by atoms with E-state index < -0.39 is 0 Å². The Balaban J connectivity index is 0.00000208. The van der Waals surface area contributed by atoms with Gasteiger partial charge in [-0.15, -0.1) is 24.0 Å². The van der Waals surface area contributed by atoms with Crippen molar-refractivity contribution in [3.63, 3.8) is 0 Å². The Morgan fingerprint density at radius 3 is 2.50 bits per heavy atom. The van der Waals surface area contributed by atoms with Crippen molar-refractivity contribution in [1.29, 1.82) is 0 Å². The van der Waals surface area contributed by atoms with Crippen LogP contribution in [0.4, 0.5) is 5.82 Å². The molecule has 3 rings (SSSR count). The van der Waals surface area contributed by atoms with Crippen molar-refractivity contribution in [1.82, 2.24) is 15.6 Å². The molecule has 24 heavy (non-hydrogen) atoms. The third-order valence-corrected chi connectivity index (χ3v) is 4.68. The minimum Gasteiger partial charge on any atom is -0.357 e. The molecule has 1 aromatic rings. The Morgan fingerprint density at radius 1 is 1.17 bits per heavy atom. The van der Waals surface area contributed by atoms with Gasteiger partial charge < -0.3 is 15.5 Å². The van der Waals surface area contributed by atoms with Gasteiger partial charge in [0.2, 0.25) is 0 Å². The highest BCUT2D eigenvalue weighted by Crippen LogP contribution is 2.27. The van der Waals surface area contributed by atoms with Crippen molar-refractivity contribution in [3.8, 4) is 0 Å². The summed E-state index contributed by atoms with van der Waals surface area (Å²) in [5.74, 6) is 2.85. The van der Waals surface area contributed by atoms with Gasteiger partial charge in [0, 0.05) is 39.4 Å².